The van der Waals surface area contributed by atoms with Gasteiger partial charge in [0, 0.05) is 20.1 Å². The van der Waals surface area contributed by atoms with Gasteiger partial charge < -0.3 is 19.8 Å². The first-order valence-electron chi connectivity index (χ1n) is 10.8. The Morgan fingerprint density at radius 1 is 1.29 bits per heavy atom. The Bertz CT molecular complexity index is 963. The lowest BCUT2D eigenvalue weighted by atomic mass is 9.70. The molecule has 7 nitrogen and oxygen atoms in total. The van der Waals surface area contributed by atoms with Crippen LogP contribution in [-0.4, -0.2) is 49.2 Å². The fourth-order valence-corrected chi connectivity index (χ4v) is 4.56. The summed E-state index contributed by atoms with van der Waals surface area (Å²) in [5.41, 5.74) is 3.53. The minimum Gasteiger partial charge on any atom is -0.465 e. The van der Waals surface area contributed by atoms with Crippen molar-refractivity contribution in [2.75, 3.05) is 27.4 Å². The molecule has 1 heterocycles. The number of esters is 1. The zero-order valence-corrected chi connectivity index (χ0v) is 19.0. The largest absolute Gasteiger partial charge is 0.465 e. The van der Waals surface area contributed by atoms with Crippen LogP contribution >= 0.6 is 0 Å². The highest BCUT2D eigenvalue weighted by molar-refractivity contribution is 5.93. The first kappa shape index (κ1) is 23.0. The Labute approximate surface area is 183 Å². The van der Waals surface area contributed by atoms with Crippen molar-refractivity contribution in [2.24, 2.45) is 23.7 Å². The van der Waals surface area contributed by atoms with E-state index in [9.17, 15) is 9.59 Å². The summed E-state index contributed by atoms with van der Waals surface area (Å²) in [6, 6.07) is 5.37. The van der Waals surface area contributed by atoms with Gasteiger partial charge in [-0.3, -0.25) is 4.79 Å². The maximum Gasteiger partial charge on any atom is 0.337 e. The number of hydrogen-bond acceptors (Lipinski definition) is 5. The van der Waals surface area contributed by atoms with Crippen molar-refractivity contribution in [3.63, 3.8) is 0 Å². The summed E-state index contributed by atoms with van der Waals surface area (Å²) in [5.74, 6) is 2.18. The molecule has 1 amide bonds. The standard InChI is InChI=1S/C24H33N3O4/c1-14(2)19-9-17(15(3)8-18(19)12-25-23(28)13-30-4)11-22-26-20-7-6-16(24(29)31-5)10-21(20)27-22/h6-8,10,14,17-19H,9,11-13H2,1-5H3,(H,25,28)(H,26,27). The van der Waals surface area contributed by atoms with Crippen molar-refractivity contribution < 1.29 is 19.1 Å². The van der Waals surface area contributed by atoms with Crippen LogP contribution in [0.25, 0.3) is 11.0 Å². The molecule has 1 aliphatic rings. The van der Waals surface area contributed by atoms with E-state index >= 15 is 0 Å². The fraction of sp³-hybridized carbons (Fsp3) is 0.542. The van der Waals surface area contributed by atoms with Crippen LogP contribution in [0.5, 0.6) is 0 Å². The highest BCUT2D eigenvalue weighted by Gasteiger charge is 2.32. The number of nitrogens with one attached hydrogen (secondary N) is 2. The lowest BCUT2D eigenvalue weighted by molar-refractivity contribution is -0.124. The average molecular weight is 428 g/mol. The van der Waals surface area contributed by atoms with Gasteiger partial charge in [0.05, 0.1) is 23.7 Å². The van der Waals surface area contributed by atoms with Crippen LogP contribution < -0.4 is 5.32 Å². The zero-order valence-electron chi connectivity index (χ0n) is 19.0. The molecule has 1 aromatic carbocycles. The highest BCUT2D eigenvalue weighted by Crippen LogP contribution is 2.38. The van der Waals surface area contributed by atoms with E-state index in [1.54, 1.807) is 12.1 Å². The van der Waals surface area contributed by atoms with Gasteiger partial charge in [-0.1, -0.05) is 25.5 Å². The highest BCUT2D eigenvalue weighted by atomic mass is 16.5. The van der Waals surface area contributed by atoms with Crippen molar-refractivity contribution in [2.45, 2.75) is 33.6 Å². The topological polar surface area (TPSA) is 93.3 Å². The fourth-order valence-electron chi connectivity index (χ4n) is 4.56. The minimum atomic E-state index is -0.354. The maximum absolute atomic E-state index is 11.8. The molecule has 31 heavy (non-hydrogen) atoms. The molecule has 0 bridgehead atoms. The summed E-state index contributed by atoms with van der Waals surface area (Å²) in [6.07, 6.45) is 4.19. The normalized spacial score (nSPS) is 21.2. The average Bonchev–Trinajstić information content (AvgIpc) is 3.14. The van der Waals surface area contributed by atoms with Gasteiger partial charge in [-0.05, 0) is 55.2 Å². The molecule has 1 aromatic heterocycles. The summed E-state index contributed by atoms with van der Waals surface area (Å²) in [4.78, 5) is 31.7. The Balaban J connectivity index is 1.74. The number of nitrogens with zero attached hydrogens (tertiary/aromatic N) is 1. The van der Waals surface area contributed by atoms with Crippen LogP contribution in [0.15, 0.2) is 29.8 Å². The molecule has 0 saturated carbocycles. The van der Waals surface area contributed by atoms with Gasteiger partial charge in [0.15, 0.2) is 0 Å². The van der Waals surface area contributed by atoms with Crippen molar-refractivity contribution in [1.82, 2.24) is 15.3 Å². The summed E-state index contributed by atoms with van der Waals surface area (Å²) < 4.78 is 9.72. The molecule has 3 atom stereocenters. The number of fused-ring (bicyclic) bond motifs is 1. The number of carbonyl (C=O) groups is 2. The SMILES string of the molecule is COCC(=O)NCC1C=C(C)C(Cc2nc3ccc(C(=O)OC)cc3[nH]2)CC1C(C)C. The monoisotopic (exact) mass is 427 g/mol. The smallest absolute Gasteiger partial charge is 0.337 e. The van der Waals surface area contributed by atoms with Crippen LogP contribution in [0.4, 0.5) is 0 Å². The van der Waals surface area contributed by atoms with Gasteiger partial charge in [0.25, 0.3) is 0 Å². The summed E-state index contributed by atoms with van der Waals surface area (Å²) >= 11 is 0. The number of hydrogen-bond donors (Lipinski definition) is 2. The summed E-state index contributed by atoms with van der Waals surface area (Å²) in [7, 11) is 2.91. The van der Waals surface area contributed by atoms with Crippen molar-refractivity contribution in [3.05, 3.63) is 41.2 Å². The predicted octanol–water partition coefficient (Wildman–Crippen LogP) is 3.51. The number of aromatic nitrogens is 2. The molecule has 3 unspecified atom stereocenters. The number of carbonyl (C=O) groups excluding carboxylic acids is 2. The molecule has 0 saturated heterocycles. The van der Waals surface area contributed by atoms with Gasteiger partial charge in [-0.25, -0.2) is 9.78 Å². The number of H-pyrrole nitrogens is 1. The number of imidazole rings is 1. The first-order valence-corrected chi connectivity index (χ1v) is 10.8. The number of allylic oxidation sites excluding steroid dienone is 1. The second kappa shape index (κ2) is 10.1. The van der Waals surface area contributed by atoms with Gasteiger partial charge >= 0.3 is 5.97 Å². The van der Waals surface area contributed by atoms with E-state index in [1.807, 2.05) is 6.07 Å². The second-order valence-corrected chi connectivity index (χ2v) is 8.76. The molecule has 0 aliphatic heterocycles. The van der Waals surface area contributed by atoms with Crippen LogP contribution in [0.3, 0.4) is 0 Å². The number of ether oxygens (including phenoxy) is 2. The second-order valence-electron chi connectivity index (χ2n) is 8.76. The van der Waals surface area contributed by atoms with Gasteiger partial charge in [0.2, 0.25) is 5.91 Å². The van der Waals surface area contributed by atoms with E-state index in [2.05, 4.69) is 37.1 Å². The third kappa shape index (κ3) is 5.53. The van der Waals surface area contributed by atoms with E-state index < -0.39 is 0 Å². The first-order chi connectivity index (χ1) is 14.8. The van der Waals surface area contributed by atoms with Crippen molar-refractivity contribution in [1.29, 1.82) is 0 Å². The predicted molar refractivity (Wildman–Crippen MR) is 120 cm³/mol. The summed E-state index contributed by atoms with van der Waals surface area (Å²) in [5, 5.41) is 3.00. The lowest BCUT2D eigenvalue weighted by Gasteiger charge is -2.37. The summed E-state index contributed by atoms with van der Waals surface area (Å²) in [6.45, 7) is 7.39. The quantitative estimate of drug-likeness (QED) is 0.497. The molecular formula is C24H33N3O4. The van der Waals surface area contributed by atoms with Crippen molar-refractivity contribution >= 4 is 22.9 Å². The maximum atomic E-state index is 11.8. The van der Waals surface area contributed by atoms with Crippen LogP contribution in [0.1, 0.15) is 43.4 Å². The molecule has 3 rings (SSSR count). The molecule has 0 spiro atoms. The molecule has 2 aromatic rings. The third-order valence-corrected chi connectivity index (χ3v) is 6.29. The molecule has 168 valence electrons. The van der Waals surface area contributed by atoms with E-state index in [1.165, 1.54) is 19.8 Å². The van der Waals surface area contributed by atoms with E-state index in [4.69, 9.17) is 14.5 Å². The molecule has 0 fully saturated rings. The van der Waals surface area contributed by atoms with E-state index in [0.29, 0.717) is 35.8 Å². The van der Waals surface area contributed by atoms with Crippen LogP contribution in [-0.2, 0) is 20.7 Å². The van der Waals surface area contributed by atoms with E-state index in [-0.39, 0.29) is 18.5 Å². The Hall–Kier alpha value is -2.67. The number of methoxy groups -OCH3 is 2. The number of rotatable bonds is 8. The number of aromatic amines is 1. The van der Waals surface area contributed by atoms with Crippen molar-refractivity contribution in [3.8, 4) is 0 Å². The minimum absolute atomic E-state index is 0.0771. The third-order valence-electron chi connectivity index (χ3n) is 6.29. The lowest BCUT2D eigenvalue weighted by Crippen LogP contribution is -2.38. The molecular weight excluding hydrogens is 394 g/mol. The van der Waals surface area contributed by atoms with Gasteiger partial charge in [0.1, 0.15) is 12.4 Å². The molecule has 7 heteroatoms. The van der Waals surface area contributed by atoms with Crippen LogP contribution in [0, 0.1) is 23.7 Å². The Morgan fingerprint density at radius 2 is 2.06 bits per heavy atom. The molecule has 1 aliphatic carbocycles. The Morgan fingerprint density at radius 3 is 2.74 bits per heavy atom. The van der Waals surface area contributed by atoms with E-state index in [0.717, 1.165) is 29.7 Å². The Kier molecular flexibility index (Phi) is 7.49. The zero-order chi connectivity index (χ0) is 22.5. The van der Waals surface area contributed by atoms with Gasteiger partial charge in [-0.2, -0.15) is 0 Å². The number of amides is 1. The molecule has 0 radical (unpaired) electrons. The molecule has 2 N–H and O–H groups in total. The van der Waals surface area contributed by atoms with Gasteiger partial charge in [-0.15, -0.1) is 0 Å². The van der Waals surface area contributed by atoms with Crippen LogP contribution in [0.2, 0.25) is 0 Å². The number of benzene rings is 1.